The van der Waals surface area contributed by atoms with Crippen LogP contribution in [0.15, 0.2) is 17.0 Å². The Morgan fingerprint density at radius 3 is 2.33 bits per heavy atom. The van der Waals surface area contributed by atoms with Gasteiger partial charge in [-0.2, -0.15) is 0 Å². The van der Waals surface area contributed by atoms with Gasteiger partial charge in [0.05, 0.1) is 38.9 Å². The Morgan fingerprint density at radius 1 is 1.14 bits per heavy atom. The van der Waals surface area contributed by atoms with Crippen molar-refractivity contribution in [2.75, 3.05) is 40.6 Å². The maximum Gasteiger partial charge on any atom is 0.241 e. The maximum absolute atomic E-state index is 12.2. The van der Waals surface area contributed by atoms with Crippen molar-refractivity contribution < 1.29 is 27.7 Å². The van der Waals surface area contributed by atoms with Crippen LogP contribution in [0.5, 0.6) is 11.5 Å². The predicted octanol–water partition coefficient (Wildman–Crippen LogP) is 0.299. The quantitative estimate of drug-likeness (QED) is 0.636. The molecular formula is C13H21NO6S. The lowest BCUT2D eigenvalue weighted by atomic mass is 10.2. The molecule has 0 aliphatic heterocycles. The first kappa shape index (κ1) is 17.7. The highest BCUT2D eigenvalue weighted by Crippen LogP contribution is 2.32. The second-order valence-electron chi connectivity index (χ2n) is 4.21. The molecular weight excluding hydrogens is 298 g/mol. The zero-order chi connectivity index (χ0) is 15.9. The van der Waals surface area contributed by atoms with Crippen LogP contribution in [0, 0.1) is 6.92 Å². The molecule has 0 aliphatic rings. The van der Waals surface area contributed by atoms with E-state index in [0.29, 0.717) is 17.1 Å². The van der Waals surface area contributed by atoms with Crippen LogP contribution in [0.4, 0.5) is 0 Å². The fraction of sp³-hybridized carbons (Fsp3) is 0.538. The lowest BCUT2D eigenvalue weighted by Crippen LogP contribution is -2.28. The van der Waals surface area contributed by atoms with E-state index < -0.39 is 10.0 Å². The van der Waals surface area contributed by atoms with Gasteiger partial charge >= 0.3 is 0 Å². The summed E-state index contributed by atoms with van der Waals surface area (Å²) in [4.78, 5) is 0.127. The molecule has 0 fully saturated rings. The van der Waals surface area contributed by atoms with E-state index in [-0.39, 0.29) is 31.3 Å². The SMILES string of the molecule is COc1cc(C)c(S(=O)(=O)NCCOCCO)cc1OC. The van der Waals surface area contributed by atoms with Crippen LogP contribution in [0.25, 0.3) is 0 Å². The van der Waals surface area contributed by atoms with E-state index in [9.17, 15) is 8.42 Å². The van der Waals surface area contributed by atoms with Gasteiger partial charge in [-0.15, -0.1) is 0 Å². The number of aliphatic hydroxyl groups excluding tert-OH is 1. The number of hydrogen-bond donors (Lipinski definition) is 2. The molecule has 0 aromatic heterocycles. The summed E-state index contributed by atoms with van der Waals surface area (Å²) in [5, 5.41) is 8.56. The Morgan fingerprint density at radius 2 is 1.76 bits per heavy atom. The molecule has 120 valence electrons. The summed E-state index contributed by atoms with van der Waals surface area (Å²) in [6, 6.07) is 3.03. The summed E-state index contributed by atoms with van der Waals surface area (Å²) in [6.45, 7) is 2.07. The molecule has 0 heterocycles. The Kier molecular flexibility index (Phi) is 6.90. The largest absolute Gasteiger partial charge is 0.493 e. The monoisotopic (exact) mass is 319 g/mol. The summed E-state index contributed by atoms with van der Waals surface area (Å²) >= 11 is 0. The summed E-state index contributed by atoms with van der Waals surface area (Å²) in [5.41, 5.74) is 0.552. The van der Waals surface area contributed by atoms with Crippen molar-refractivity contribution in [3.63, 3.8) is 0 Å². The highest BCUT2D eigenvalue weighted by Gasteiger charge is 2.19. The van der Waals surface area contributed by atoms with Gasteiger partial charge in [0.2, 0.25) is 10.0 Å². The molecule has 0 spiro atoms. The number of hydrogen-bond acceptors (Lipinski definition) is 6. The average molecular weight is 319 g/mol. The van der Waals surface area contributed by atoms with E-state index >= 15 is 0 Å². The van der Waals surface area contributed by atoms with Gasteiger partial charge in [0.15, 0.2) is 11.5 Å². The van der Waals surface area contributed by atoms with Gasteiger partial charge < -0.3 is 19.3 Å². The number of benzene rings is 1. The third kappa shape index (κ3) is 4.85. The average Bonchev–Trinajstić information content (AvgIpc) is 2.46. The van der Waals surface area contributed by atoms with Crippen molar-refractivity contribution in [3.05, 3.63) is 17.7 Å². The van der Waals surface area contributed by atoms with Gasteiger partial charge in [-0.1, -0.05) is 0 Å². The molecule has 2 N–H and O–H groups in total. The van der Waals surface area contributed by atoms with Crippen LogP contribution in [0.3, 0.4) is 0 Å². The molecule has 1 rings (SSSR count). The molecule has 1 aromatic rings. The number of rotatable bonds is 9. The number of aliphatic hydroxyl groups is 1. The van der Waals surface area contributed by atoms with Gasteiger partial charge in [-0.05, 0) is 18.6 Å². The van der Waals surface area contributed by atoms with Crippen LogP contribution in [-0.4, -0.2) is 54.1 Å². The standard InChI is InChI=1S/C13H21NO6S/c1-10-8-11(18-2)12(19-3)9-13(10)21(16,17)14-4-6-20-7-5-15/h8-9,14-15H,4-7H2,1-3H3. The maximum atomic E-state index is 12.2. The highest BCUT2D eigenvalue weighted by atomic mass is 32.2. The number of ether oxygens (including phenoxy) is 3. The van der Waals surface area contributed by atoms with E-state index in [4.69, 9.17) is 19.3 Å². The van der Waals surface area contributed by atoms with E-state index in [0.717, 1.165) is 0 Å². The molecule has 1 aromatic carbocycles. The zero-order valence-corrected chi connectivity index (χ0v) is 13.2. The number of sulfonamides is 1. The molecule has 21 heavy (non-hydrogen) atoms. The van der Waals surface area contributed by atoms with Crippen molar-refractivity contribution in [2.45, 2.75) is 11.8 Å². The van der Waals surface area contributed by atoms with E-state index in [1.807, 2.05) is 0 Å². The van der Waals surface area contributed by atoms with Crippen molar-refractivity contribution in [3.8, 4) is 11.5 Å². The Labute approximate surface area is 124 Å². The Balaban J connectivity index is 2.87. The number of nitrogens with one attached hydrogen (secondary N) is 1. The Bertz CT molecular complexity index is 558. The van der Waals surface area contributed by atoms with Gasteiger partial charge in [-0.3, -0.25) is 0 Å². The second-order valence-corrected chi connectivity index (χ2v) is 5.94. The molecule has 0 unspecified atom stereocenters. The highest BCUT2D eigenvalue weighted by molar-refractivity contribution is 7.89. The van der Waals surface area contributed by atoms with Gasteiger partial charge in [0.1, 0.15) is 0 Å². The first-order valence-corrected chi connectivity index (χ1v) is 7.85. The first-order valence-electron chi connectivity index (χ1n) is 6.37. The molecule has 0 saturated heterocycles. The van der Waals surface area contributed by atoms with Crippen molar-refractivity contribution in [1.29, 1.82) is 0 Å². The number of aryl methyl sites for hydroxylation is 1. The molecule has 0 amide bonds. The lowest BCUT2D eigenvalue weighted by Gasteiger charge is -2.13. The zero-order valence-electron chi connectivity index (χ0n) is 12.4. The third-order valence-electron chi connectivity index (χ3n) is 2.74. The van der Waals surface area contributed by atoms with E-state index in [1.54, 1.807) is 13.0 Å². The normalized spacial score (nSPS) is 11.4. The van der Waals surface area contributed by atoms with E-state index in [2.05, 4.69) is 4.72 Å². The predicted molar refractivity (Wildman–Crippen MR) is 77.4 cm³/mol. The number of methoxy groups -OCH3 is 2. The molecule has 0 bridgehead atoms. The molecule has 0 radical (unpaired) electrons. The molecule has 0 saturated carbocycles. The van der Waals surface area contributed by atoms with Gasteiger partial charge in [0, 0.05) is 12.6 Å². The van der Waals surface area contributed by atoms with Crippen LogP contribution >= 0.6 is 0 Å². The van der Waals surface area contributed by atoms with Crippen LogP contribution in [0.2, 0.25) is 0 Å². The van der Waals surface area contributed by atoms with Crippen LogP contribution in [-0.2, 0) is 14.8 Å². The van der Waals surface area contributed by atoms with Crippen LogP contribution < -0.4 is 14.2 Å². The van der Waals surface area contributed by atoms with Crippen LogP contribution in [0.1, 0.15) is 5.56 Å². The molecule has 8 heteroatoms. The minimum Gasteiger partial charge on any atom is -0.493 e. The summed E-state index contributed by atoms with van der Waals surface area (Å²) in [6.07, 6.45) is 0. The smallest absolute Gasteiger partial charge is 0.241 e. The lowest BCUT2D eigenvalue weighted by molar-refractivity contribution is 0.0961. The molecule has 7 nitrogen and oxygen atoms in total. The summed E-state index contributed by atoms with van der Waals surface area (Å²) in [5.74, 6) is 0.820. The summed E-state index contributed by atoms with van der Waals surface area (Å²) < 4.78 is 42.2. The fourth-order valence-corrected chi connectivity index (χ4v) is 3.00. The molecule has 0 aliphatic carbocycles. The summed E-state index contributed by atoms with van der Waals surface area (Å²) in [7, 11) is -0.731. The third-order valence-corrected chi connectivity index (χ3v) is 4.35. The van der Waals surface area contributed by atoms with Gasteiger partial charge in [0.25, 0.3) is 0 Å². The van der Waals surface area contributed by atoms with Crippen molar-refractivity contribution in [2.24, 2.45) is 0 Å². The molecule has 0 atom stereocenters. The first-order chi connectivity index (χ1) is 9.96. The van der Waals surface area contributed by atoms with Gasteiger partial charge in [-0.25, -0.2) is 13.1 Å². The second kappa shape index (κ2) is 8.18. The Hall–Kier alpha value is -1.35. The van der Waals surface area contributed by atoms with Crippen molar-refractivity contribution >= 4 is 10.0 Å². The minimum atomic E-state index is -3.66. The van der Waals surface area contributed by atoms with E-state index in [1.165, 1.54) is 20.3 Å². The topological polar surface area (TPSA) is 94.1 Å². The minimum absolute atomic E-state index is 0.0957. The fourth-order valence-electron chi connectivity index (χ4n) is 1.74. The van der Waals surface area contributed by atoms with Crippen molar-refractivity contribution in [1.82, 2.24) is 4.72 Å².